The van der Waals surface area contributed by atoms with Crippen LogP contribution in [0.2, 0.25) is 0 Å². The fraction of sp³-hybridized carbons (Fsp3) is 0.545. The van der Waals surface area contributed by atoms with E-state index in [-0.39, 0.29) is 12.3 Å². The summed E-state index contributed by atoms with van der Waals surface area (Å²) in [7, 11) is 1.64. The molecule has 3 aliphatic rings. The smallest absolute Gasteiger partial charge is 0.213 e. The van der Waals surface area contributed by atoms with Crippen LogP contribution in [0.1, 0.15) is 26.7 Å². The number of hydroxylamine groups is 1. The Bertz CT molecular complexity index is 854. The molecule has 1 aromatic heterocycles. The maximum Gasteiger partial charge on any atom is 0.213 e. The first-order valence-electron chi connectivity index (χ1n) is 10.5. The van der Waals surface area contributed by atoms with Crippen molar-refractivity contribution in [2.24, 2.45) is 0 Å². The average molecular weight is 415 g/mol. The Morgan fingerprint density at radius 3 is 2.73 bits per heavy atom. The van der Waals surface area contributed by atoms with Crippen LogP contribution in [0.15, 0.2) is 40.7 Å². The third-order valence-corrected chi connectivity index (χ3v) is 6.05. The van der Waals surface area contributed by atoms with Crippen molar-refractivity contribution in [3.63, 3.8) is 0 Å². The number of aromatic nitrogens is 1. The number of allylic oxidation sites excluding steroid dienone is 1. The van der Waals surface area contributed by atoms with Gasteiger partial charge in [0.15, 0.2) is 12.8 Å². The molecule has 0 aromatic carbocycles. The number of piperidine rings is 1. The molecule has 4 rings (SSSR count). The summed E-state index contributed by atoms with van der Waals surface area (Å²) in [5.41, 5.74) is 4.63. The van der Waals surface area contributed by atoms with E-state index in [0.717, 1.165) is 47.7 Å². The highest BCUT2D eigenvalue weighted by atomic mass is 16.5. The fourth-order valence-corrected chi connectivity index (χ4v) is 4.21. The van der Waals surface area contributed by atoms with Gasteiger partial charge in [0.25, 0.3) is 0 Å². The van der Waals surface area contributed by atoms with Gasteiger partial charge in [-0.15, -0.1) is 0 Å². The maximum absolute atomic E-state index is 11.8. The Labute approximate surface area is 177 Å². The zero-order chi connectivity index (χ0) is 21.1. The second-order valence-electron chi connectivity index (χ2n) is 7.98. The van der Waals surface area contributed by atoms with E-state index in [9.17, 15) is 5.21 Å². The number of pyridine rings is 1. The van der Waals surface area contributed by atoms with Gasteiger partial charge in [-0.3, -0.25) is 4.90 Å². The third kappa shape index (κ3) is 4.44. The SMILES string of the molecule is COCCOc1ccc(OC2CCN(C3NC4=C(C[N+]([O-])=C4)C(C)=C3C)CC2)cn1. The Morgan fingerprint density at radius 2 is 2.03 bits per heavy atom. The molecule has 8 heteroatoms. The second kappa shape index (κ2) is 9.06. The molecule has 0 spiro atoms. The maximum atomic E-state index is 11.8. The molecule has 0 radical (unpaired) electrons. The average Bonchev–Trinajstić information content (AvgIpc) is 3.13. The van der Waals surface area contributed by atoms with Crippen LogP contribution in [0, 0.1) is 5.21 Å². The van der Waals surface area contributed by atoms with Crippen molar-refractivity contribution in [2.45, 2.75) is 39.0 Å². The molecule has 1 N–H and O–H groups in total. The molecule has 4 heterocycles. The van der Waals surface area contributed by atoms with Gasteiger partial charge in [-0.2, -0.15) is 0 Å². The first-order valence-corrected chi connectivity index (χ1v) is 10.5. The molecule has 1 aromatic rings. The summed E-state index contributed by atoms with van der Waals surface area (Å²) in [6.07, 6.45) is 5.58. The number of dihydropyridines is 1. The van der Waals surface area contributed by atoms with E-state index in [2.05, 4.69) is 29.0 Å². The van der Waals surface area contributed by atoms with Gasteiger partial charge < -0.3 is 24.7 Å². The summed E-state index contributed by atoms with van der Waals surface area (Å²) in [6.45, 7) is 7.61. The van der Waals surface area contributed by atoms with Crippen LogP contribution >= 0.6 is 0 Å². The first-order chi connectivity index (χ1) is 14.5. The molecule has 30 heavy (non-hydrogen) atoms. The van der Waals surface area contributed by atoms with E-state index < -0.39 is 0 Å². The molecule has 0 amide bonds. The second-order valence-corrected chi connectivity index (χ2v) is 7.98. The van der Waals surface area contributed by atoms with Gasteiger partial charge in [0.2, 0.25) is 5.88 Å². The summed E-state index contributed by atoms with van der Waals surface area (Å²) in [4.78, 5) is 6.73. The summed E-state index contributed by atoms with van der Waals surface area (Å²) in [5.74, 6) is 1.34. The monoisotopic (exact) mass is 414 g/mol. The lowest BCUT2D eigenvalue weighted by Crippen LogP contribution is -2.52. The van der Waals surface area contributed by atoms with E-state index in [0.29, 0.717) is 25.6 Å². The van der Waals surface area contributed by atoms with Crippen LogP contribution in [-0.2, 0) is 4.74 Å². The normalized spacial score (nSPS) is 22.6. The molecule has 1 unspecified atom stereocenters. The Kier molecular flexibility index (Phi) is 6.24. The molecule has 1 atom stereocenters. The first kappa shape index (κ1) is 20.7. The van der Waals surface area contributed by atoms with Crippen molar-refractivity contribution in [1.29, 1.82) is 0 Å². The van der Waals surface area contributed by atoms with Crippen molar-refractivity contribution in [1.82, 2.24) is 15.2 Å². The summed E-state index contributed by atoms with van der Waals surface area (Å²) < 4.78 is 17.6. The molecule has 0 saturated carbocycles. The van der Waals surface area contributed by atoms with Crippen LogP contribution in [0.4, 0.5) is 0 Å². The van der Waals surface area contributed by atoms with Crippen molar-refractivity contribution in [2.75, 3.05) is 40.0 Å². The van der Waals surface area contributed by atoms with Crippen molar-refractivity contribution in [3.05, 3.63) is 46.0 Å². The largest absolute Gasteiger partial charge is 0.623 e. The van der Waals surface area contributed by atoms with Gasteiger partial charge >= 0.3 is 0 Å². The quantitative estimate of drug-likeness (QED) is 0.415. The molecule has 3 aliphatic heterocycles. The molecule has 162 valence electrons. The molecular weight excluding hydrogens is 384 g/mol. The van der Waals surface area contributed by atoms with E-state index in [1.807, 2.05) is 12.1 Å². The predicted molar refractivity (Wildman–Crippen MR) is 114 cm³/mol. The lowest BCUT2D eigenvalue weighted by molar-refractivity contribution is -0.438. The molecule has 8 nitrogen and oxygen atoms in total. The van der Waals surface area contributed by atoms with Crippen LogP contribution in [0.25, 0.3) is 0 Å². The Morgan fingerprint density at radius 1 is 1.23 bits per heavy atom. The number of rotatable bonds is 7. The number of nitrogens with one attached hydrogen (secondary N) is 1. The number of likely N-dealkylation sites (tertiary alicyclic amines) is 1. The third-order valence-electron chi connectivity index (χ3n) is 6.05. The van der Waals surface area contributed by atoms with Gasteiger partial charge in [0, 0.05) is 31.8 Å². The number of hydrogen-bond acceptors (Lipinski definition) is 7. The van der Waals surface area contributed by atoms with E-state index >= 15 is 0 Å². The highest BCUT2D eigenvalue weighted by Crippen LogP contribution is 2.30. The van der Waals surface area contributed by atoms with E-state index in [1.54, 1.807) is 19.5 Å². The zero-order valence-corrected chi connectivity index (χ0v) is 17.9. The topological polar surface area (TPSA) is 81.9 Å². The van der Waals surface area contributed by atoms with E-state index in [4.69, 9.17) is 14.2 Å². The number of methoxy groups -OCH3 is 1. The van der Waals surface area contributed by atoms with Gasteiger partial charge in [-0.1, -0.05) is 0 Å². The fourth-order valence-electron chi connectivity index (χ4n) is 4.21. The lowest BCUT2D eigenvalue weighted by atomic mass is 9.94. The summed E-state index contributed by atoms with van der Waals surface area (Å²) >= 11 is 0. The summed E-state index contributed by atoms with van der Waals surface area (Å²) in [6, 6.07) is 3.73. The summed E-state index contributed by atoms with van der Waals surface area (Å²) in [5, 5.41) is 15.3. The highest BCUT2D eigenvalue weighted by Gasteiger charge is 2.34. The minimum atomic E-state index is 0.137. The van der Waals surface area contributed by atoms with Crippen molar-refractivity contribution < 1.29 is 18.9 Å². The molecule has 1 saturated heterocycles. The van der Waals surface area contributed by atoms with E-state index in [1.165, 1.54) is 11.1 Å². The molecule has 0 bridgehead atoms. The number of nitrogens with zero attached hydrogens (tertiary/aromatic N) is 3. The standard InChI is InChI=1S/C22H30N4O4/c1-15-16(2)22(24-20-14-26(27)13-19(15)20)25-8-6-17(7-9-25)30-18-4-5-21(23-12-18)29-11-10-28-3/h4-5,12,14,17,22,24H,6-11,13H2,1-3H3. The highest BCUT2D eigenvalue weighted by molar-refractivity contribution is 5.80. The minimum absolute atomic E-state index is 0.137. The predicted octanol–water partition coefficient (Wildman–Crippen LogP) is 2.06. The van der Waals surface area contributed by atoms with Gasteiger partial charge in [-0.25, -0.2) is 9.72 Å². The van der Waals surface area contributed by atoms with Crippen LogP contribution in [-0.4, -0.2) is 73.1 Å². The van der Waals surface area contributed by atoms with Gasteiger partial charge in [0.1, 0.15) is 30.3 Å². The van der Waals surface area contributed by atoms with Crippen LogP contribution in [0.5, 0.6) is 11.6 Å². The Balaban J connectivity index is 1.29. The van der Waals surface area contributed by atoms with Crippen LogP contribution < -0.4 is 14.8 Å². The number of ether oxygens (including phenoxy) is 3. The number of hydrogen-bond donors (Lipinski definition) is 1. The lowest BCUT2D eigenvalue weighted by Gasteiger charge is -2.40. The van der Waals surface area contributed by atoms with Gasteiger partial charge in [0.05, 0.1) is 12.8 Å². The van der Waals surface area contributed by atoms with Gasteiger partial charge in [-0.05, 0) is 43.9 Å². The zero-order valence-electron chi connectivity index (χ0n) is 17.9. The van der Waals surface area contributed by atoms with Crippen molar-refractivity contribution >= 4 is 6.21 Å². The molecule has 0 aliphatic carbocycles. The van der Waals surface area contributed by atoms with Crippen molar-refractivity contribution in [3.8, 4) is 11.6 Å². The Hall–Kier alpha value is -2.58. The van der Waals surface area contributed by atoms with Crippen LogP contribution in [0.3, 0.4) is 0 Å². The molecular formula is C22H30N4O4. The molecule has 1 fully saturated rings. The minimum Gasteiger partial charge on any atom is -0.623 e.